The number of rotatable bonds is 3. The highest BCUT2D eigenvalue weighted by Gasteiger charge is 2.50. The molecule has 3 heterocycles. The van der Waals surface area contributed by atoms with Gasteiger partial charge in [0.25, 0.3) is 0 Å². The molecule has 0 spiro atoms. The van der Waals surface area contributed by atoms with Gasteiger partial charge in [0.05, 0.1) is 16.6 Å². The zero-order valence-corrected chi connectivity index (χ0v) is 36.6. The molecule has 0 radical (unpaired) electrons. The van der Waals surface area contributed by atoms with E-state index in [-0.39, 0.29) is 27.1 Å². The van der Waals surface area contributed by atoms with Gasteiger partial charge in [-0.2, -0.15) is 0 Å². The number of hydrogen-bond acceptors (Lipinski definition) is 1. The van der Waals surface area contributed by atoms with Crippen molar-refractivity contribution in [2.45, 2.75) is 101 Å². The zero-order chi connectivity index (χ0) is 41.9. The third-order valence-corrected chi connectivity index (χ3v) is 18.3. The number of benzene rings is 8. The second kappa shape index (κ2) is 11.3. The molecule has 8 aromatic carbocycles. The zero-order valence-electron chi connectivity index (χ0n) is 36.6. The van der Waals surface area contributed by atoms with Gasteiger partial charge in [-0.05, 0) is 205 Å². The van der Waals surface area contributed by atoms with E-state index in [9.17, 15) is 0 Å². The molecule has 0 aliphatic heterocycles. The largest absolute Gasteiger partial charge is 0.306 e. The highest BCUT2D eigenvalue weighted by atomic mass is 16.1. The van der Waals surface area contributed by atoms with Crippen LogP contribution in [0.4, 0.5) is 0 Å². The van der Waals surface area contributed by atoms with Gasteiger partial charge in [-0.1, -0.05) is 100 Å². The summed E-state index contributed by atoms with van der Waals surface area (Å²) in [5.41, 5.74) is 17.7. The van der Waals surface area contributed by atoms with Gasteiger partial charge in [0.15, 0.2) is 5.43 Å². The van der Waals surface area contributed by atoms with E-state index in [0.717, 1.165) is 21.8 Å². The standard InChI is InChI=1S/C61H49NO/c1-58-19-23-60(3,24-20-58)52-40-15-17-42-55-50(40)44(32-48(52)58)46-30-39(38-28-36(34-11-7-5-8-12-34)27-37(29-38)35-13-9-6-10-14-35)31-47-45-33-49-53(61(4)25-21-59(49,2)22-26-61)41-16-18-43(57(42)63)56(51(41)45)62(55)54(46)47/h5-18,27-33H,19-26H2,1-4H3. The van der Waals surface area contributed by atoms with Crippen molar-refractivity contribution in [2.24, 2.45) is 0 Å². The third kappa shape index (κ3) is 4.20. The van der Waals surface area contributed by atoms with Gasteiger partial charge in [0, 0.05) is 32.3 Å². The molecule has 0 unspecified atom stereocenters. The van der Waals surface area contributed by atoms with E-state index in [4.69, 9.17) is 0 Å². The van der Waals surface area contributed by atoms with E-state index in [0.29, 0.717) is 0 Å². The predicted molar refractivity (Wildman–Crippen MR) is 265 cm³/mol. The molecule has 2 saturated carbocycles. The summed E-state index contributed by atoms with van der Waals surface area (Å²) in [6, 6.07) is 48.4. The molecule has 2 fully saturated rings. The summed E-state index contributed by atoms with van der Waals surface area (Å²) in [7, 11) is 0. The van der Waals surface area contributed by atoms with Gasteiger partial charge < -0.3 is 4.40 Å². The van der Waals surface area contributed by atoms with Gasteiger partial charge in [0.2, 0.25) is 0 Å². The molecule has 304 valence electrons. The smallest absolute Gasteiger partial charge is 0.197 e. The van der Waals surface area contributed by atoms with E-state index < -0.39 is 0 Å². The molecule has 63 heavy (non-hydrogen) atoms. The van der Waals surface area contributed by atoms with Crippen molar-refractivity contribution in [3.8, 4) is 33.4 Å². The number of pyridine rings is 3. The van der Waals surface area contributed by atoms with E-state index in [2.05, 4.69) is 159 Å². The number of fused-ring (bicyclic) bond motifs is 6. The fourth-order valence-corrected chi connectivity index (χ4v) is 14.6. The molecular formula is C61H49NO. The first-order valence-electron chi connectivity index (χ1n) is 23.6. The summed E-state index contributed by atoms with van der Waals surface area (Å²) in [5, 5.41) is 12.2. The minimum absolute atomic E-state index is 0.126. The highest BCUT2D eigenvalue weighted by molar-refractivity contribution is 6.35. The molecule has 11 aromatic rings. The summed E-state index contributed by atoms with van der Waals surface area (Å²) in [4.78, 5) is 15.2. The Bertz CT molecular complexity index is 3610. The third-order valence-electron chi connectivity index (χ3n) is 18.3. The molecule has 3 aromatic heterocycles. The summed E-state index contributed by atoms with van der Waals surface area (Å²) in [6.45, 7) is 10.1. The molecule has 6 aliphatic carbocycles. The van der Waals surface area contributed by atoms with E-state index >= 15 is 4.79 Å². The van der Waals surface area contributed by atoms with Crippen LogP contribution in [-0.2, 0) is 21.7 Å². The lowest BCUT2D eigenvalue weighted by molar-refractivity contribution is 0.190. The fourth-order valence-electron chi connectivity index (χ4n) is 14.6. The summed E-state index contributed by atoms with van der Waals surface area (Å²) in [5.74, 6) is 0. The van der Waals surface area contributed by atoms with Gasteiger partial charge in [-0.3, -0.25) is 4.79 Å². The van der Waals surface area contributed by atoms with Crippen LogP contribution in [0.2, 0.25) is 0 Å². The number of aromatic nitrogens is 1. The predicted octanol–water partition coefficient (Wildman–Crippen LogP) is 15.7. The minimum Gasteiger partial charge on any atom is -0.306 e. The van der Waals surface area contributed by atoms with Crippen LogP contribution in [-0.4, -0.2) is 4.40 Å². The van der Waals surface area contributed by atoms with Gasteiger partial charge in [0.1, 0.15) is 0 Å². The van der Waals surface area contributed by atoms with Crippen molar-refractivity contribution >= 4 is 70.4 Å². The summed E-state index contributed by atoms with van der Waals surface area (Å²) >= 11 is 0. The average molecular weight is 812 g/mol. The first-order valence-corrected chi connectivity index (χ1v) is 23.6. The van der Waals surface area contributed by atoms with Crippen LogP contribution < -0.4 is 5.43 Å². The van der Waals surface area contributed by atoms with Crippen molar-refractivity contribution in [1.82, 2.24) is 4.40 Å². The van der Waals surface area contributed by atoms with Gasteiger partial charge >= 0.3 is 0 Å². The van der Waals surface area contributed by atoms with Gasteiger partial charge in [-0.15, -0.1) is 0 Å². The van der Waals surface area contributed by atoms with Crippen molar-refractivity contribution in [2.75, 3.05) is 0 Å². The topological polar surface area (TPSA) is 21.5 Å². The molecule has 4 bridgehead atoms. The molecule has 0 saturated heterocycles. The maximum Gasteiger partial charge on any atom is 0.197 e. The van der Waals surface area contributed by atoms with Crippen molar-refractivity contribution in [3.05, 3.63) is 160 Å². The molecule has 2 nitrogen and oxygen atoms in total. The molecular weight excluding hydrogens is 763 g/mol. The molecule has 17 rings (SSSR count). The van der Waals surface area contributed by atoms with Crippen molar-refractivity contribution in [3.63, 3.8) is 0 Å². The second-order valence-corrected chi connectivity index (χ2v) is 21.8. The van der Waals surface area contributed by atoms with E-state index in [1.54, 1.807) is 22.3 Å². The lowest BCUT2D eigenvalue weighted by Crippen LogP contribution is -2.44. The van der Waals surface area contributed by atoms with Crippen molar-refractivity contribution in [1.29, 1.82) is 0 Å². The molecule has 2 heteroatoms. The Morgan fingerprint density at radius 3 is 1.14 bits per heavy atom. The molecule has 6 aliphatic rings. The summed E-state index contributed by atoms with van der Waals surface area (Å²) in [6.07, 6.45) is 9.79. The summed E-state index contributed by atoms with van der Waals surface area (Å²) < 4.78 is 2.61. The van der Waals surface area contributed by atoms with Crippen LogP contribution in [0.1, 0.15) is 101 Å². The fraction of sp³-hybridized carbons (Fsp3) is 0.262. The Morgan fingerprint density at radius 1 is 0.349 bits per heavy atom. The maximum absolute atomic E-state index is 15.2. The van der Waals surface area contributed by atoms with E-state index in [1.165, 1.54) is 133 Å². The Morgan fingerprint density at radius 2 is 0.714 bits per heavy atom. The molecule has 0 N–H and O–H groups in total. The average Bonchev–Trinajstić information content (AvgIpc) is 3.32. The Hall–Kier alpha value is -6.25. The van der Waals surface area contributed by atoms with Crippen LogP contribution in [0.25, 0.3) is 104 Å². The maximum atomic E-state index is 15.2. The first kappa shape index (κ1) is 35.2. The molecule has 0 amide bonds. The molecule has 0 atom stereocenters. The SMILES string of the molecule is CC12CCC(C)(CC1)c1c2cc2c3cc(-c4cc(-c5ccccc5)cc(-c5ccccc5)c4)cc4c5cc6c(c7ccc8c(=O)c9ccc1c2c9n(c34)c8c75)C1(C)CCC6(C)CC1. The van der Waals surface area contributed by atoms with E-state index in [1.807, 2.05) is 0 Å². The lowest BCUT2D eigenvalue weighted by Gasteiger charge is -2.53. The van der Waals surface area contributed by atoms with Crippen molar-refractivity contribution < 1.29 is 0 Å². The van der Waals surface area contributed by atoms with Crippen LogP contribution in [0.3, 0.4) is 0 Å². The monoisotopic (exact) mass is 811 g/mol. The Kier molecular flexibility index (Phi) is 6.31. The Labute approximate surface area is 367 Å². The highest BCUT2D eigenvalue weighted by Crippen LogP contribution is 2.62. The minimum atomic E-state index is 0.126. The van der Waals surface area contributed by atoms with Gasteiger partial charge in [-0.25, -0.2) is 0 Å². The van der Waals surface area contributed by atoms with Crippen LogP contribution in [0, 0.1) is 0 Å². The second-order valence-electron chi connectivity index (χ2n) is 21.8. The number of hydrogen-bond donors (Lipinski definition) is 0. The first-order chi connectivity index (χ1) is 30.5. The number of nitrogens with zero attached hydrogens (tertiary/aromatic N) is 1. The van der Waals surface area contributed by atoms with Crippen LogP contribution in [0.15, 0.2) is 132 Å². The lowest BCUT2D eigenvalue weighted by atomic mass is 9.51. The Balaban J connectivity index is 1.19. The quantitative estimate of drug-likeness (QED) is 0.129. The normalized spacial score (nSPS) is 25.3. The van der Waals surface area contributed by atoms with Crippen LogP contribution in [0.5, 0.6) is 0 Å². The van der Waals surface area contributed by atoms with Crippen LogP contribution >= 0.6 is 0 Å².